The van der Waals surface area contributed by atoms with Crippen LogP contribution in [0.4, 0.5) is 0 Å². The highest BCUT2D eigenvalue weighted by Crippen LogP contribution is 2.12. The SMILES string of the molecule is [2H]Cc1cccc(C(N)=O)c1C(N)=O. The summed E-state index contributed by atoms with van der Waals surface area (Å²) in [4.78, 5) is 22.0. The van der Waals surface area contributed by atoms with Crippen LogP contribution in [-0.2, 0) is 0 Å². The number of hydrogen-bond donors (Lipinski definition) is 2. The zero-order chi connectivity index (χ0) is 10.7. The van der Waals surface area contributed by atoms with Crippen LogP contribution in [0.2, 0.25) is 0 Å². The molecule has 4 heteroatoms. The van der Waals surface area contributed by atoms with Crippen LogP contribution in [0.3, 0.4) is 0 Å². The molecule has 0 saturated heterocycles. The minimum Gasteiger partial charge on any atom is -0.366 e. The molecule has 0 unspecified atom stereocenters. The lowest BCUT2D eigenvalue weighted by atomic mass is 10.0. The topological polar surface area (TPSA) is 86.2 Å². The number of carbonyl (C=O) groups excluding carboxylic acids is 2. The van der Waals surface area contributed by atoms with Crippen LogP contribution >= 0.6 is 0 Å². The predicted octanol–water partition coefficient (Wildman–Crippen LogP) is 0.193. The summed E-state index contributed by atoms with van der Waals surface area (Å²) < 4.78 is 7.16. The maximum atomic E-state index is 11.0. The summed E-state index contributed by atoms with van der Waals surface area (Å²) in [7, 11) is 0. The van der Waals surface area contributed by atoms with E-state index in [1.807, 2.05) is 0 Å². The van der Waals surface area contributed by atoms with Gasteiger partial charge >= 0.3 is 0 Å². The third-order valence-corrected chi connectivity index (χ3v) is 1.66. The molecule has 0 saturated carbocycles. The zero-order valence-electron chi connectivity index (χ0n) is 7.91. The Labute approximate surface area is 76.9 Å². The van der Waals surface area contributed by atoms with Crippen molar-refractivity contribution < 1.29 is 11.0 Å². The summed E-state index contributed by atoms with van der Waals surface area (Å²) >= 11 is 0. The van der Waals surface area contributed by atoms with Gasteiger partial charge in [0, 0.05) is 1.37 Å². The summed E-state index contributed by atoms with van der Waals surface area (Å²) in [5, 5.41) is 0. The molecular formula is C9H10N2O2. The molecular weight excluding hydrogens is 168 g/mol. The average molecular weight is 179 g/mol. The lowest BCUT2D eigenvalue weighted by molar-refractivity contribution is 0.0966. The monoisotopic (exact) mass is 179 g/mol. The number of primary amides is 2. The lowest BCUT2D eigenvalue weighted by Crippen LogP contribution is -2.21. The van der Waals surface area contributed by atoms with E-state index in [4.69, 9.17) is 12.8 Å². The standard InChI is InChI=1S/C9H10N2O2/c1-5-3-2-4-6(8(10)12)7(5)9(11)13/h2-4H,1H3,(H2,10,12)(H2,11,13)/i1D. The first-order valence-electron chi connectivity index (χ1n) is 4.29. The molecule has 68 valence electrons. The highest BCUT2D eigenvalue weighted by Gasteiger charge is 2.14. The first kappa shape index (κ1) is 7.79. The fourth-order valence-electron chi connectivity index (χ4n) is 1.10. The second-order valence-corrected chi connectivity index (χ2v) is 2.57. The van der Waals surface area contributed by atoms with E-state index >= 15 is 0 Å². The molecule has 0 heterocycles. The molecule has 2 amide bonds. The summed E-state index contributed by atoms with van der Waals surface area (Å²) in [6.45, 7) is -0.112. The lowest BCUT2D eigenvalue weighted by Gasteiger charge is -2.05. The van der Waals surface area contributed by atoms with Crippen LogP contribution in [0.25, 0.3) is 0 Å². The molecule has 0 aliphatic rings. The molecule has 4 nitrogen and oxygen atoms in total. The van der Waals surface area contributed by atoms with Crippen LogP contribution in [0.5, 0.6) is 0 Å². The number of benzene rings is 1. The molecule has 1 aromatic carbocycles. The van der Waals surface area contributed by atoms with Crippen molar-refractivity contribution in [2.45, 2.75) is 6.90 Å². The Balaban J connectivity index is 3.43. The average Bonchev–Trinajstić information content (AvgIpc) is 2.16. The van der Waals surface area contributed by atoms with Gasteiger partial charge in [0.05, 0.1) is 11.1 Å². The van der Waals surface area contributed by atoms with E-state index in [9.17, 15) is 9.59 Å². The quantitative estimate of drug-likeness (QED) is 0.679. The van der Waals surface area contributed by atoms with Crippen molar-refractivity contribution in [3.05, 3.63) is 34.9 Å². The molecule has 0 fully saturated rings. The molecule has 0 atom stereocenters. The number of aryl methyl sites for hydroxylation is 1. The highest BCUT2D eigenvalue weighted by atomic mass is 16.2. The molecule has 0 spiro atoms. The van der Waals surface area contributed by atoms with Gasteiger partial charge in [0.1, 0.15) is 0 Å². The van der Waals surface area contributed by atoms with Gasteiger partial charge in [-0.2, -0.15) is 0 Å². The maximum absolute atomic E-state index is 11.0. The van der Waals surface area contributed by atoms with Crippen LogP contribution in [-0.4, -0.2) is 11.8 Å². The first-order valence-corrected chi connectivity index (χ1v) is 3.58. The summed E-state index contributed by atoms with van der Waals surface area (Å²) in [6, 6.07) is 4.55. The summed E-state index contributed by atoms with van der Waals surface area (Å²) in [5.74, 6) is -1.45. The highest BCUT2D eigenvalue weighted by molar-refractivity contribution is 6.07. The maximum Gasteiger partial charge on any atom is 0.249 e. The van der Waals surface area contributed by atoms with Gasteiger partial charge in [-0.1, -0.05) is 12.1 Å². The normalized spacial score (nSPS) is 10.6. The predicted molar refractivity (Wildman–Crippen MR) is 48.2 cm³/mol. The molecule has 0 aromatic heterocycles. The van der Waals surface area contributed by atoms with Crippen molar-refractivity contribution in [2.75, 3.05) is 0 Å². The van der Waals surface area contributed by atoms with Crippen LogP contribution in [0.1, 0.15) is 27.7 Å². The van der Waals surface area contributed by atoms with Gasteiger partial charge in [0.25, 0.3) is 0 Å². The molecule has 0 aliphatic carbocycles. The Hall–Kier alpha value is -1.84. The smallest absolute Gasteiger partial charge is 0.249 e. The molecule has 13 heavy (non-hydrogen) atoms. The number of amides is 2. The van der Waals surface area contributed by atoms with Gasteiger partial charge in [-0.25, -0.2) is 0 Å². The Morgan fingerprint density at radius 2 is 2.00 bits per heavy atom. The number of hydrogen-bond acceptors (Lipinski definition) is 2. The Morgan fingerprint density at radius 3 is 2.46 bits per heavy atom. The number of rotatable bonds is 2. The van der Waals surface area contributed by atoms with Crippen molar-refractivity contribution in [3.8, 4) is 0 Å². The molecule has 0 bridgehead atoms. The van der Waals surface area contributed by atoms with E-state index in [1.54, 1.807) is 12.1 Å². The van der Waals surface area contributed by atoms with Crippen LogP contribution in [0, 0.1) is 6.90 Å². The minimum atomic E-state index is -0.735. The van der Waals surface area contributed by atoms with Crippen molar-refractivity contribution >= 4 is 11.8 Å². The Morgan fingerprint density at radius 1 is 1.31 bits per heavy atom. The fourth-order valence-corrected chi connectivity index (χ4v) is 1.10. The Bertz CT molecular complexity index is 390. The van der Waals surface area contributed by atoms with Crippen molar-refractivity contribution in [1.82, 2.24) is 0 Å². The van der Waals surface area contributed by atoms with Crippen molar-refractivity contribution in [1.29, 1.82) is 0 Å². The molecule has 4 N–H and O–H groups in total. The van der Waals surface area contributed by atoms with E-state index in [0.717, 1.165) is 0 Å². The molecule has 1 rings (SSSR count). The van der Waals surface area contributed by atoms with Gasteiger partial charge in [-0.3, -0.25) is 9.59 Å². The van der Waals surface area contributed by atoms with Gasteiger partial charge in [0.15, 0.2) is 0 Å². The van der Waals surface area contributed by atoms with Gasteiger partial charge in [-0.05, 0) is 18.5 Å². The summed E-state index contributed by atoms with van der Waals surface area (Å²) in [5.41, 5.74) is 10.7. The number of carbonyl (C=O) groups is 2. The van der Waals surface area contributed by atoms with Gasteiger partial charge in [-0.15, -0.1) is 0 Å². The van der Waals surface area contributed by atoms with E-state index < -0.39 is 11.8 Å². The third kappa shape index (κ3) is 1.66. The second-order valence-electron chi connectivity index (χ2n) is 2.57. The van der Waals surface area contributed by atoms with Crippen molar-refractivity contribution in [3.63, 3.8) is 0 Å². The van der Waals surface area contributed by atoms with Gasteiger partial charge in [0.2, 0.25) is 11.8 Å². The van der Waals surface area contributed by atoms with Crippen LogP contribution in [0.15, 0.2) is 18.2 Å². The van der Waals surface area contributed by atoms with Crippen molar-refractivity contribution in [2.24, 2.45) is 11.5 Å². The minimum absolute atomic E-state index is 0.0509. The van der Waals surface area contributed by atoms with E-state index in [-0.39, 0.29) is 18.0 Å². The largest absolute Gasteiger partial charge is 0.366 e. The molecule has 0 aliphatic heterocycles. The Kier molecular flexibility index (Phi) is 1.96. The van der Waals surface area contributed by atoms with E-state index in [1.165, 1.54) is 6.07 Å². The number of nitrogens with two attached hydrogens (primary N) is 2. The molecule has 0 radical (unpaired) electrons. The fraction of sp³-hybridized carbons (Fsp3) is 0.111. The van der Waals surface area contributed by atoms with Crippen LogP contribution < -0.4 is 11.5 Å². The van der Waals surface area contributed by atoms with E-state index in [2.05, 4.69) is 0 Å². The summed E-state index contributed by atoms with van der Waals surface area (Å²) in [6.07, 6.45) is 0. The third-order valence-electron chi connectivity index (χ3n) is 1.66. The van der Waals surface area contributed by atoms with Gasteiger partial charge < -0.3 is 11.5 Å². The molecule has 1 aromatic rings. The second kappa shape index (κ2) is 3.26. The first-order chi connectivity index (χ1) is 6.57. The van der Waals surface area contributed by atoms with E-state index in [0.29, 0.717) is 5.56 Å². The zero-order valence-corrected chi connectivity index (χ0v) is 6.91.